The molecule has 1 saturated heterocycles. The van der Waals surface area contributed by atoms with E-state index in [2.05, 4.69) is 10.00 Å². The van der Waals surface area contributed by atoms with Gasteiger partial charge in [0.05, 0.1) is 0 Å². The summed E-state index contributed by atoms with van der Waals surface area (Å²) in [6, 6.07) is 7.18. The molecule has 2 aliphatic rings. The van der Waals surface area contributed by atoms with Crippen LogP contribution in [0.15, 0.2) is 29.1 Å². The summed E-state index contributed by atoms with van der Waals surface area (Å²) in [7, 11) is 1.76. The van der Waals surface area contributed by atoms with Gasteiger partial charge in [-0.15, -0.1) is 0 Å². The summed E-state index contributed by atoms with van der Waals surface area (Å²) in [5, 5.41) is 4.60. The molecule has 0 amide bonds. The van der Waals surface area contributed by atoms with Crippen LogP contribution in [0.5, 0.6) is 0 Å². The van der Waals surface area contributed by atoms with E-state index >= 15 is 0 Å². The second kappa shape index (κ2) is 7.35. The Morgan fingerprint density at radius 1 is 1.15 bits per heavy atom. The minimum atomic E-state index is -0.175. The predicted molar refractivity (Wildman–Crippen MR) is 98.6 cm³/mol. The smallest absolute Gasteiger partial charge is 0.299 e. The topological polar surface area (TPSA) is 43.1 Å². The molecule has 0 atom stereocenters. The lowest BCUT2D eigenvalue weighted by atomic mass is 9.95. The lowest BCUT2D eigenvalue weighted by Gasteiger charge is -2.32. The van der Waals surface area contributed by atoms with Gasteiger partial charge in [0.2, 0.25) is 0 Å². The van der Waals surface area contributed by atoms with Crippen LogP contribution in [0.3, 0.4) is 0 Å². The molecular weight excluding hydrogens is 331 g/mol. The average Bonchev–Trinajstić information content (AvgIpc) is 3.25. The summed E-state index contributed by atoms with van der Waals surface area (Å²) in [6.45, 7) is 2.69. The quantitative estimate of drug-likeness (QED) is 0.843. The first-order valence-corrected chi connectivity index (χ1v) is 9.74. The molecule has 1 aromatic carbocycles. The van der Waals surface area contributed by atoms with Crippen LogP contribution in [0.1, 0.15) is 61.9 Å². The molecule has 0 radical (unpaired) electrons. The molecule has 1 aliphatic carbocycles. The fourth-order valence-electron chi connectivity index (χ4n) is 4.53. The Morgan fingerprint density at radius 3 is 2.58 bits per heavy atom. The van der Waals surface area contributed by atoms with Crippen LogP contribution < -0.4 is 5.69 Å². The van der Waals surface area contributed by atoms with Crippen LogP contribution in [-0.4, -0.2) is 32.3 Å². The molecule has 0 unspecified atom stereocenters. The zero-order chi connectivity index (χ0) is 18.1. The summed E-state index contributed by atoms with van der Waals surface area (Å²) < 4.78 is 16.9. The summed E-state index contributed by atoms with van der Waals surface area (Å²) in [5.41, 5.74) is 1.05. The van der Waals surface area contributed by atoms with Gasteiger partial charge in [0.25, 0.3) is 0 Å². The molecule has 2 heterocycles. The number of nitrogens with zero attached hydrogens (tertiary/aromatic N) is 4. The largest absolute Gasteiger partial charge is 0.345 e. The number of aryl methyl sites for hydroxylation is 1. The van der Waals surface area contributed by atoms with Crippen LogP contribution in [0, 0.1) is 5.82 Å². The molecule has 26 heavy (non-hydrogen) atoms. The van der Waals surface area contributed by atoms with Gasteiger partial charge in [0.15, 0.2) is 0 Å². The first kappa shape index (κ1) is 17.5. The van der Waals surface area contributed by atoms with Gasteiger partial charge in [0, 0.05) is 25.6 Å². The van der Waals surface area contributed by atoms with E-state index < -0.39 is 0 Å². The second-order valence-electron chi connectivity index (χ2n) is 7.75. The lowest BCUT2D eigenvalue weighted by molar-refractivity contribution is 0.198. The van der Waals surface area contributed by atoms with Crippen molar-refractivity contribution >= 4 is 0 Å². The lowest BCUT2D eigenvalue weighted by Crippen LogP contribution is -2.34. The number of piperidine rings is 1. The zero-order valence-corrected chi connectivity index (χ0v) is 15.4. The Bertz CT molecular complexity index is 813. The third-order valence-corrected chi connectivity index (χ3v) is 5.92. The first-order valence-electron chi connectivity index (χ1n) is 9.74. The molecular formula is C20H27FN4O. The highest BCUT2D eigenvalue weighted by molar-refractivity contribution is 5.16. The van der Waals surface area contributed by atoms with Crippen LogP contribution in [-0.2, 0) is 13.6 Å². The Labute approximate surface area is 153 Å². The highest BCUT2D eigenvalue weighted by Crippen LogP contribution is 2.33. The van der Waals surface area contributed by atoms with Crippen molar-refractivity contribution in [2.24, 2.45) is 7.05 Å². The summed E-state index contributed by atoms with van der Waals surface area (Å²) in [4.78, 5) is 14.9. The van der Waals surface area contributed by atoms with Crippen LogP contribution >= 0.6 is 0 Å². The highest BCUT2D eigenvalue weighted by atomic mass is 19.1. The molecule has 2 aromatic rings. The molecule has 4 rings (SSSR count). The summed E-state index contributed by atoms with van der Waals surface area (Å²) in [6.07, 6.45) is 6.60. The van der Waals surface area contributed by atoms with Gasteiger partial charge in [0.1, 0.15) is 11.6 Å². The normalized spacial score (nSPS) is 20.1. The van der Waals surface area contributed by atoms with Crippen molar-refractivity contribution in [2.75, 3.05) is 13.1 Å². The third-order valence-electron chi connectivity index (χ3n) is 5.92. The van der Waals surface area contributed by atoms with Crippen LogP contribution in [0.2, 0.25) is 0 Å². The van der Waals surface area contributed by atoms with E-state index in [0.29, 0.717) is 12.0 Å². The molecule has 0 N–H and O–H groups in total. The predicted octanol–water partition coefficient (Wildman–Crippen LogP) is 3.22. The van der Waals surface area contributed by atoms with Crippen molar-refractivity contribution in [2.45, 2.75) is 57.0 Å². The Kier molecular flexibility index (Phi) is 4.94. The average molecular weight is 358 g/mol. The maximum Gasteiger partial charge on any atom is 0.345 e. The van der Waals surface area contributed by atoms with Gasteiger partial charge in [-0.25, -0.2) is 13.9 Å². The molecule has 0 bridgehead atoms. The first-order chi connectivity index (χ1) is 12.6. The SMILES string of the molecule is Cn1nc(C2CCN(Cc3cccc(F)c3)CC2)n(C2CCCC2)c1=O. The van der Waals surface area contributed by atoms with Crippen molar-refractivity contribution < 1.29 is 4.39 Å². The minimum Gasteiger partial charge on any atom is -0.299 e. The van der Waals surface area contributed by atoms with E-state index in [1.165, 1.54) is 23.6 Å². The molecule has 1 aliphatic heterocycles. The second-order valence-corrected chi connectivity index (χ2v) is 7.75. The highest BCUT2D eigenvalue weighted by Gasteiger charge is 2.30. The molecule has 5 nitrogen and oxygen atoms in total. The number of hydrogen-bond acceptors (Lipinski definition) is 3. The van der Waals surface area contributed by atoms with Gasteiger partial charge < -0.3 is 0 Å². The van der Waals surface area contributed by atoms with E-state index in [1.807, 2.05) is 10.6 Å². The van der Waals surface area contributed by atoms with E-state index in [-0.39, 0.29) is 11.5 Å². The van der Waals surface area contributed by atoms with Crippen molar-refractivity contribution in [1.29, 1.82) is 0 Å². The maximum atomic E-state index is 13.4. The molecule has 140 valence electrons. The van der Waals surface area contributed by atoms with E-state index in [1.54, 1.807) is 19.2 Å². The minimum absolute atomic E-state index is 0.0362. The van der Waals surface area contributed by atoms with E-state index in [9.17, 15) is 9.18 Å². The number of hydrogen-bond donors (Lipinski definition) is 0. The number of rotatable bonds is 4. The summed E-state index contributed by atoms with van der Waals surface area (Å²) >= 11 is 0. The molecule has 6 heteroatoms. The van der Waals surface area contributed by atoms with Crippen LogP contribution in [0.4, 0.5) is 4.39 Å². The third kappa shape index (κ3) is 3.47. The standard InChI is InChI=1S/C20H27FN4O/c1-23-20(26)25(18-7-2-3-8-18)19(22-23)16-9-11-24(12-10-16)14-15-5-4-6-17(21)13-15/h4-6,13,16,18H,2-3,7-12,14H2,1H3. The molecule has 0 spiro atoms. The van der Waals surface area contributed by atoms with E-state index in [4.69, 9.17) is 0 Å². The monoisotopic (exact) mass is 358 g/mol. The number of benzene rings is 1. The summed E-state index contributed by atoms with van der Waals surface area (Å²) in [5.74, 6) is 1.15. The van der Waals surface area contributed by atoms with Gasteiger partial charge >= 0.3 is 5.69 Å². The Hall–Kier alpha value is -1.95. The van der Waals surface area contributed by atoms with Gasteiger partial charge in [-0.05, 0) is 56.5 Å². The maximum absolute atomic E-state index is 13.4. The van der Waals surface area contributed by atoms with Gasteiger partial charge in [-0.1, -0.05) is 25.0 Å². The van der Waals surface area contributed by atoms with Gasteiger partial charge in [-0.2, -0.15) is 5.10 Å². The fourth-order valence-corrected chi connectivity index (χ4v) is 4.53. The molecule has 1 aromatic heterocycles. The van der Waals surface area contributed by atoms with E-state index in [0.717, 1.165) is 56.7 Å². The molecule has 2 fully saturated rings. The Balaban J connectivity index is 1.45. The fraction of sp³-hybridized carbons (Fsp3) is 0.600. The van der Waals surface area contributed by atoms with Crippen LogP contribution in [0.25, 0.3) is 0 Å². The number of halogens is 1. The van der Waals surface area contributed by atoms with Crippen molar-refractivity contribution in [3.63, 3.8) is 0 Å². The zero-order valence-electron chi connectivity index (χ0n) is 15.4. The van der Waals surface area contributed by atoms with Crippen molar-refractivity contribution in [1.82, 2.24) is 19.2 Å². The van der Waals surface area contributed by atoms with Gasteiger partial charge in [-0.3, -0.25) is 9.47 Å². The number of likely N-dealkylation sites (tertiary alicyclic amines) is 1. The van der Waals surface area contributed by atoms with Crippen molar-refractivity contribution in [3.05, 3.63) is 52.0 Å². The number of aromatic nitrogens is 3. The van der Waals surface area contributed by atoms with Crippen molar-refractivity contribution in [3.8, 4) is 0 Å². The molecule has 1 saturated carbocycles. The Morgan fingerprint density at radius 2 is 1.88 bits per heavy atom.